The van der Waals surface area contributed by atoms with E-state index in [4.69, 9.17) is 4.74 Å². The van der Waals surface area contributed by atoms with E-state index < -0.39 is 11.8 Å². The van der Waals surface area contributed by atoms with Crippen molar-refractivity contribution in [2.45, 2.75) is 20.0 Å². The molecule has 0 saturated heterocycles. The number of hydrogen-bond acceptors (Lipinski definition) is 7. The van der Waals surface area contributed by atoms with Crippen LogP contribution in [0.15, 0.2) is 103 Å². The number of carbonyl (C=O) groups excluding carboxylic acids is 2. The van der Waals surface area contributed by atoms with Gasteiger partial charge in [-0.3, -0.25) is 4.79 Å². The Morgan fingerprint density at radius 3 is 2.15 bits per heavy atom. The Morgan fingerprint density at radius 2 is 1.46 bits per heavy atom. The van der Waals surface area contributed by atoms with Gasteiger partial charge in [-0.2, -0.15) is 8.75 Å². The fourth-order valence-electron chi connectivity index (χ4n) is 4.16. The molecule has 0 unspecified atom stereocenters. The third kappa shape index (κ3) is 6.88. The summed E-state index contributed by atoms with van der Waals surface area (Å²) in [5, 5.41) is 12.5. The summed E-state index contributed by atoms with van der Waals surface area (Å²) in [5.41, 5.74) is 4.82. The number of ether oxygens (including phenoxy) is 1. The summed E-state index contributed by atoms with van der Waals surface area (Å²) in [5.74, 6) is -1.21. The molecule has 188 valence electrons. The molecule has 0 bridgehead atoms. The van der Waals surface area contributed by atoms with Gasteiger partial charge in [-0.15, -0.1) is 0 Å². The van der Waals surface area contributed by atoms with Gasteiger partial charge in [0.15, 0.2) is 5.78 Å². The monoisotopic (exact) mass is 542 g/mol. The van der Waals surface area contributed by atoms with Crippen molar-refractivity contribution < 1.29 is 49.0 Å². The largest absolute Gasteiger partial charge is 1.00 e. The van der Waals surface area contributed by atoms with Crippen molar-refractivity contribution in [2.24, 2.45) is 0 Å². The van der Waals surface area contributed by atoms with Crippen LogP contribution in [-0.4, -0.2) is 20.5 Å². The molecule has 0 N–H and O–H groups in total. The van der Waals surface area contributed by atoms with Gasteiger partial charge in [0.1, 0.15) is 23.4 Å². The summed E-state index contributed by atoms with van der Waals surface area (Å²) < 4.78 is 14.2. The molecule has 5 rings (SSSR count). The van der Waals surface area contributed by atoms with Gasteiger partial charge in [0.05, 0.1) is 17.7 Å². The third-order valence-corrected chi connectivity index (χ3v) is 6.75. The Balaban J connectivity index is 0.00000353. The van der Waals surface area contributed by atoms with Crippen LogP contribution in [0.4, 0.5) is 0 Å². The van der Waals surface area contributed by atoms with Gasteiger partial charge >= 0.3 is 29.6 Å². The number of carboxylic acid groups (broad SMARTS) is 1. The Labute approximate surface area is 252 Å². The Hall–Kier alpha value is -3.62. The number of carbonyl (C=O) groups is 2. The first kappa shape index (κ1) is 28.4. The van der Waals surface area contributed by atoms with Gasteiger partial charge in [0, 0.05) is 23.1 Å². The number of carboxylic acids is 1. The summed E-state index contributed by atoms with van der Waals surface area (Å²) in [6.45, 7) is 2.37. The smallest absolute Gasteiger partial charge is 0.545 e. The van der Waals surface area contributed by atoms with Crippen LogP contribution in [0.5, 0.6) is 5.75 Å². The van der Waals surface area contributed by atoms with Gasteiger partial charge < -0.3 is 14.6 Å². The number of ketones is 1. The van der Waals surface area contributed by atoms with Crippen molar-refractivity contribution >= 4 is 40.1 Å². The molecule has 0 atom stereocenters. The van der Waals surface area contributed by atoms with E-state index in [9.17, 15) is 14.7 Å². The van der Waals surface area contributed by atoms with Crippen LogP contribution >= 0.6 is 11.7 Å². The van der Waals surface area contributed by atoms with Crippen LogP contribution in [-0.2, 0) is 17.8 Å². The number of benzene rings is 4. The van der Waals surface area contributed by atoms with Crippen LogP contribution < -0.4 is 39.4 Å². The standard InChI is InChI=1S/C31H24N2O4S.Na/c1-20-7-9-21(10-8-20)17-26(29(31(35)36)24-13-16-27-28(18-24)33-38-32-27)30(34)23-11-14-25(15-12-23)37-19-22-5-3-2-4-6-22;/h2-16,18H,17,19H2,1H3,(H,35,36);/q;+1/p-1/b29-26+;. The Kier molecular flexibility index (Phi) is 9.43. The number of nitrogens with zero attached hydrogens (tertiary/aromatic N) is 2. The van der Waals surface area contributed by atoms with Crippen molar-refractivity contribution in [3.8, 4) is 5.75 Å². The molecule has 0 spiro atoms. The maximum Gasteiger partial charge on any atom is 1.00 e. The summed E-state index contributed by atoms with van der Waals surface area (Å²) >= 11 is 1.04. The topological polar surface area (TPSA) is 92.2 Å². The molecule has 0 radical (unpaired) electrons. The molecule has 0 aliphatic carbocycles. The summed E-state index contributed by atoms with van der Waals surface area (Å²) in [6.07, 6.45) is 0.127. The van der Waals surface area contributed by atoms with E-state index in [1.807, 2.05) is 61.5 Å². The summed E-state index contributed by atoms with van der Waals surface area (Å²) in [4.78, 5) is 26.3. The average Bonchev–Trinajstić information content (AvgIpc) is 3.41. The van der Waals surface area contributed by atoms with E-state index in [1.165, 1.54) is 0 Å². The zero-order valence-corrected chi connectivity index (χ0v) is 24.4. The normalized spacial score (nSPS) is 11.4. The SMILES string of the molecule is Cc1ccc(C/C(C(=O)c2ccc(OCc3ccccc3)cc2)=C(\C(=O)[O-])c2ccc3nsnc3c2)cc1.[Na+]. The van der Waals surface area contributed by atoms with Crippen LogP contribution in [0.1, 0.15) is 32.6 Å². The average molecular weight is 543 g/mol. The van der Waals surface area contributed by atoms with E-state index >= 15 is 0 Å². The second kappa shape index (κ2) is 13.0. The van der Waals surface area contributed by atoms with Crippen molar-refractivity contribution in [2.75, 3.05) is 0 Å². The molecule has 0 saturated carbocycles. The number of allylic oxidation sites excluding steroid dienone is 1. The van der Waals surface area contributed by atoms with Crippen LogP contribution in [0.3, 0.4) is 0 Å². The molecule has 4 aromatic carbocycles. The predicted octanol–water partition coefficient (Wildman–Crippen LogP) is 2.21. The van der Waals surface area contributed by atoms with Gasteiger partial charge in [0.25, 0.3) is 0 Å². The molecule has 8 heteroatoms. The molecular formula is C31H23N2NaO4S. The first-order valence-corrected chi connectivity index (χ1v) is 12.7. The number of hydrogen-bond donors (Lipinski definition) is 0. The number of rotatable bonds is 9. The van der Waals surface area contributed by atoms with Gasteiger partial charge in [-0.1, -0.05) is 66.2 Å². The van der Waals surface area contributed by atoms with Crippen LogP contribution in [0.2, 0.25) is 0 Å². The number of aliphatic carboxylic acids is 1. The minimum absolute atomic E-state index is 0. The molecular weight excluding hydrogens is 519 g/mol. The van der Waals surface area contributed by atoms with Crippen LogP contribution in [0.25, 0.3) is 16.6 Å². The van der Waals surface area contributed by atoms with Crippen molar-refractivity contribution in [3.05, 3.63) is 130 Å². The molecule has 0 amide bonds. The maximum atomic E-state index is 13.8. The molecule has 5 aromatic rings. The summed E-state index contributed by atoms with van der Waals surface area (Å²) in [7, 11) is 0. The molecule has 0 aliphatic heterocycles. The van der Waals surface area contributed by atoms with Crippen LogP contribution in [0, 0.1) is 6.92 Å². The van der Waals surface area contributed by atoms with E-state index in [0.717, 1.165) is 28.4 Å². The number of fused-ring (bicyclic) bond motifs is 1. The quantitative estimate of drug-likeness (QED) is 0.161. The molecule has 1 aromatic heterocycles. The third-order valence-electron chi connectivity index (χ3n) is 6.19. The molecule has 6 nitrogen and oxygen atoms in total. The molecule has 0 fully saturated rings. The van der Waals surface area contributed by atoms with Gasteiger partial charge in [-0.05, 0) is 60.0 Å². The minimum Gasteiger partial charge on any atom is -0.545 e. The van der Waals surface area contributed by atoms with Gasteiger partial charge in [0.2, 0.25) is 0 Å². The Morgan fingerprint density at radius 1 is 0.795 bits per heavy atom. The van der Waals surface area contributed by atoms with Crippen molar-refractivity contribution in [3.63, 3.8) is 0 Å². The molecule has 0 aliphatic rings. The second-order valence-electron chi connectivity index (χ2n) is 8.90. The van der Waals surface area contributed by atoms with E-state index in [1.54, 1.807) is 42.5 Å². The van der Waals surface area contributed by atoms with Crippen molar-refractivity contribution in [1.29, 1.82) is 0 Å². The molecule has 1 heterocycles. The number of aromatic nitrogens is 2. The number of Topliss-reactive ketones (excluding diaryl/α,β-unsaturated/α-hetero) is 1. The van der Waals surface area contributed by atoms with E-state index in [-0.39, 0.29) is 47.1 Å². The Bertz CT molecular complexity index is 1630. The fourth-order valence-corrected chi connectivity index (χ4v) is 4.68. The molecule has 39 heavy (non-hydrogen) atoms. The zero-order chi connectivity index (χ0) is 26.5. The number of aryl methyl sites for hydroxylation is 1. The fraction of sp³-hybridized carbons (Fsp3) is 0.0968. The van der Waals surface area contributed by atoms with E-state index in [0.29, 0.717) is 34.5 Å². The maximum absolute atomic E-state index is 13.8. The first-order valence-electron chi connectivity index (χ1n) is 12.0. The minimum atomic E-state index is -1.43. The second-order valence-corrected chi connectivity index (χ2v) is 9.43. The summed E-state index contributed by atoms with van der Waals surface area (Å²) in [6, 6.07) is 29.1. The zero-order valence-electron chi connectivity index (χ0n) is 21.6. The van der Waals surface area contributed by atoms with Crippen molar-refractivity contribution in [1.82, 2.24) is 8.75 Å². The van der Waals surface area contributed by atoms with E-state index in [2.05, 4.69) is 8.75 Å². The van der Waals surface area contributed by atoms with Gasteiger partial charge in [-0.25, -0.2) is 0 Å². The first-order chi connectivity index (χ1) is 18.5. The predicted molar refractivity (Wildman–Crippen MR) is 146 cm³/mol.